The second kappa shape index (κ2) is 6.02. The predicted octanol–water partition coefficient (Wildman–Crippen LogP) is 3.91. The summed E-state index contributed by atoms with van der Waals surface area (Å²) in [6, 6.07) is 2.03. The van der Waals surface area contributed by atoms with Crippen LogP contribution in [0.2, 0.25) is 0 Å². The van der Waals surface area contributed by atoms with Gasteiger partial charge in [0.15, 0.2) is 0 Å². The van der Waals surface area contributed by atoms with Gasteiger partial charge in [-0.25, -0.2) is 14.8 Å². The standard InChI is InChI=1S/C12H11BrN2O2S2/c1-6-10(12(16)17)11(15-7(2)14-6)19-5-9-3-8(13)4-18-9/h3-4H,5H2,1-2H3,(H,16,17). The summed E-state index contributed by atoms with van der Waals surface area (Å²) in [4.78, 5) is 20.8. The van der Waals surface area contributed by atoms with Crippen LogP contribution in [0.1, 0.15) is 26.8 Å². The fourth-order valence-corrected chi connectivity index (χ4v) is 4.22. The summed E-state index contributed by atoms with van der Waals surface area (Å²) in [6.45, 7) is 3.47. The third kappa shape index (κ3) is 3.55. The van der Waals surface area contributed by atoms with Gasteiger partial charge in [0.1, 0.15) is 16.4 Å². The van der Waals surface area contributed by atoms with Crippen molar-refractivity contribution in [3.05, 3.63) is 37.9 Å². The number of hydrogen-bond donors (Lipinski definition) is 1. The van der Waals surface area contributed by atoms with Crippen LogP contribution in [0.5, 0.6) is 0 Å². The summed E-state index contributed by atoms with van der Waals surface area (Å²) in [5.41, 5.74) is 0.709. The lowest BCUT2D eigenvalue weighted by Gasteiger charge is -2.07. The molecule has 2 heterocycles. The van der Waals surface area contributed by atoms with Crippen molar-refractivity contribution in [2.75, 3.05) is 0 Å². The fraction of sp³-hybridized carbons (Fsp3) is 0.250. The Morgan fingerprint density at radius 2 is 2.21 bits per heavy atom. The lowest BCUT2D eigenvalue weighted by molar-refractivity contribution is 0.0690. The zero-order valence-corrected chi connectivity index (χ0v) is 13.5. The van der Waals surface area contributed by atoms with Gasteiger partial charge >= 0.3 is 5.97 Å². The Hall–Kier alpha value is -0.920. The van der Waals surface area contributed by atoms with E-state index in [-0.39, 0.29) is 5.56 Å². The molecule has 0 saturated carbocycles. The number of aromatic nitrogens is 2. The van der Waals surface area contributed by atoms with Crippen molar-refractivity contribution in [3.63, 3.8) is 0 Å². The number of nitrogens with zero attached hydrogens (tertiary/aromatic N) is 2. The third-order valence-electron chi connectivity index (χ3n) is 2.36. The molecule has 2 aromatic heterocycles. The zero-order valence-electron chi connectivity index (χ0n) is 10.3. The molecule has 0 fully saturated rings. The zero-order chi connectivity index (χ0) is 14.0. The molecule has 0 aromatic carbocycles. The molecule has 0 aliphatic carbocycles. The van der Waals surface area contributed by atoms with Gasteiger partial charge in [0, 0.05) is 20.5 Å². The number of rotatable bonds is 4. The van der Waals surface area contributed by atoms with Gasteiger partial charge in [0.2, 0.25) is 0 Å². The molecule has 100 valence electrons. The monoisotopic (exact) mass is 358 g/mol. The quantitative estimate of drug-likeness (QED) is 0.662. The van der Waals surface area contributed by atoms with Crippen LogP contribution in [-0.4, -0.2) is 21.0 Å². The van der Waals surface area contributed by atoms with Crippen molar-refractivity contribution in [3.8, 4) is 0 Å². The van der Waals surface area contributed by atoms with Crippen LogP contribution >= 0.6 is 39.0 Å². The number of thiophene rings is 1. The maximum absolute atomic E-state index is 11.3. The van der Waals surface area contributed by atoms with Crippen LogP contribution in [0.4, 0.5) is 0 Å². The molecule has 7 heteroatoms. The van der Waals surface area contributed by atoms with Crippen LogP contribution < -0.4 is 0 Å². The van der Waals surface area contributed by atoms with Crippen LogP contribution in [-0.2, 0) is 5.75 Å². The van der Waals surface area contributed by atoms with Gasteiger partial charge in [0.05, 0.1) is 5.69 Å². The number of hydrogen-bond acceptors (Lipinski definition) is 5. The molecule has 19 heavy (non-hydrogen) atoms. The molecule has 0 atom stereocenters. The SMILES string of the molecule is Cc1nc(C)c(C(=O)O)c(SCc2cc(Br)cs2)n1. The highest BCUT2D eigenvalue weighted by Gasteiger charge is 2.17. The maximum Gasteiger partial charge on any atom is 0.340 e. The number of aromatic carboxylic acids is 1. The molecule has 0 unspecified atom stereocenters. The number of carbonyl (C=O) groups is 1. The van der Waals surface area contributed by atoms with E-state index in [1.54, 1.807) is 25.2 Å². The molecule has 2 rings (SSSR count). The summed E-state index contributed by atoms with van der Waals surface area (Å²) in [5, 5.41) is 11.8. The Morgan fingerprint density at radius 3 is 2.79 bits per heavy atom. The van der Waals surface area contributed by atoms with Crippen LogP contribution in [0.15, 0.2) is 20.9 Å². The number of carboxylic acid groups (broad SMARTS) is 1. The average Bonchev–Trinajstić information content (AvgIpc) is 2.71. The minimum Gasteiger partial charge on any atom is -0.478 e. The van der Waals surface area contributed by atoms with E-state index < -0.39 is 5.97 Å². The van der Waals surface area contributed by atoms with E-state index in [0.717, 1.165) is 4.47 Å². The molecule has 0 amide bonds. The van der Waals surface area contributed by atoms with E-state index in [4.69, 9.17) is 0 Å². The molecule has 0 saturated heterocycles. The molecule has 0 aliphatic rings. The summed E-state index contributed by atoms with van der Waals surface area (Å²) < 4.78 is 1.04. The normalized spacial score (nSPS) is 10.7. The van der Waals surface area contributed by atoms with Gasteiger partial charge in [-0.05, 0) is 35.8 Å². The Kier molecular flexibility index (Phi) is 4.59. The number of aryl methyl sites for hydroxylation is 2. The average molecular weight is 359 g/mol. The largest absolute Gasteiger partial charge is 0.478 e. The van der Waals surface area contributed by atoms with Gasteiger partial charge in [-0.2, -0.15) is 0 Å². The molecular weight excluding hydrogens is 348 g/mol. The predicted molar refractivity (Wildman–Crippen MR) is 80.0 cm³/mol. The Balaban J connectivity index is 2.26. The Labute approximate surface area is 127 Å². The third-order valence-corrected chi connectivity index (χ3v) is 5.26. The first-order chi connectivity index (χ1) is 8.97. The second-order valence-electron chi connectivity index (χ2n) is 3.86. The van der Waals surface area contributed by atoms with Crippen molar-refractivity contribution in [1.82, 2.24) is 9.97 Å². The molecule has 0 spiro atoms. The van der Waals surface area contributed by atoms with Gasteiger partial charge in [0.25, 0.3) is 0 Å². The first-order valence-electron chi connectivity index (χ1n) is 5.41. The summed E-state index contributed by atoms with van der Waals surface area (Å²) in [5.74, 6) is 0.316. The Morgan fingerprint density at radius 1 is 1.47 bits per heavy atom. The minimum atomic E-state index is -0.979. The topological polar surface area (TPSA) is 63.1 Å². The molecule has 0 bridgehead atoms. The Bertz CT molecular complexity index is 628. The summed E-state index contributed by atoms with van der Waals surface area (Å²) in [6.07, 6.45) is 0. The van der Waals surface area contributed by atoms with E-state index in [9.17, 15) is 9.90 Å². The van der Waals surface area contributed by atoms with Gasteiger partial charge in [-0.1, -0.05) is 11.8 Å². The summed E-state index contributed by atoms with van der Waals surface area (Å²) in [7, 11) is 0. The van der Waals surface area contributed by atoms with Crippen molar-refractivity contribution < 1.29 is 9.90 Å². The van der Waals surface area contributed by atoms with Gasteiger partial charge in [-0.3, -0.25) is 0 Å². The second-order valence-corrected chi connectivity index (χ2v) is 6.74. The fourth-order valence-electron chi connectivity index (χ4n) is 1.60. The van der Waals surface area contributed by atoms with Crippen molar-refractivity contribution in [2.24, 2.45) is 0 Å². The van der Waals surface area contributed by atoms with Crippen molar-refractivity contribution >= 4 is 45.0 Å². The van der Waals surface area contributed by atoms with E-state index >= 15 is 0 Å². The van der Waals surface area contributed by atoms with E-state index in [2.05, 4.69) is 25.9 Å². The maximum atomic E-state index is 11.3. The molecule has 1 N–H and O–H groups in total. The molecule has 0 radical (unpaired) electrons. The van der Waals surface area contributed by atoms with E-state index in [1.165, 1.54) is 16.6 Å². The van der Waals surface area contributed by atoms with Crippen molar-refractivity contribution in [1.29, 1.82) is 0 Å². The highest BCUT2D eigenvalue weighted by molar-refractivity contribution is 9.10. The van der Waals surface area contributed by atoms with E-state index in [0.29, 0.717) is 22.3 Å². The number of carboxylic acids is 1. The lowest BCUT2D eigenvalue weighted by Crippen LogP contribution is -2.08. The molecular formula is C12H11BrN2O2S2. The van der Waals surface area contributed by atoms with Gasteiger partial charge < -0.3 is 5.11 Å². The molecule has 2 aromatic rings. The first-order valence-corrected chi connectivity index (χ1v) is 8.07. The smallest absolute Gasteiger partial charge is 0.340 e. The first kappa shape index (κ1) is 14.5. The van der Waals surface area contributed by atoms with Crippen molar-refractivity contribution in [2.45, 2.75) is 24.6 Å². The van der Waals surface area contributed by atoms with Crippen LogP contribution in [0.3, 0.4) is 0 Å². The highest BCUT2D eigenvalue weighted by atomic mass is 79.9. The van der Waals surface area contributed by atoms with Crippen LogP contribution in [0, 0.1) is 13.8 Å². The number of thioether (sulfide) groups is 1. The highest BCUT2D eigenvalue weighted by Crippen LogP contribution is 2.29. The van der Waals surface area contributed by atoms with Gasteiger partial charge in [-0.15, -0.1) is 11.3 Å². The summed E-state index contributed by atoms with van der Waals surface area (Å²) >= 11 is 6.46. The number of halogens is 1. The molecule has 0 aliphatic heterocycles. The minimum absolute atomic E-state index is 0.200. The van der Waals surface area contributed by atoms with E-state index in [1.807, 2.05) is 11.4 Å². The molecule has 4 nitrogen and oxygen atoms in total. The van der Waals surface area contributed by atoms with Crippen LogP contribution in [0.25, 0.3) is 0 Å². The lowest BCUT2D eigenvalue weighted by atomic mass is 10.2.